The zero-order chi connectivity index (χ0) is 19.1. The van der Waals surface area contributed by atoms with Crippen molar-refractivity contribution in [1.82, 2.24) is 10.2 Å². The van der Waals surface area contributed by atoms with Gasteiger partial charge in [-0.1, -0.05) is 30.3 Å². The fourth-order valence-electron chi connectivity index (χ4n) is 2.87. The zero-order valence-electron chi connectivity index (χ0n) is 14.9. The minimum atomic E-state index is -1.21. The van der Waals surface area contributed by atoms with Crippen LogP contribution in [0.1, 0.15) is 25.3 Å². The van der Waals surface area contributed by atoms with Gasteiger partial charge in [0.25, 0.3) is 0 Å². The fourth-order valence-corrected chi connectivity index (χ4v) is 2.87. The van der Waals surface area contributed by atoms with Crippen LogP contribution in [0.5, 0.6) is 0 Å². The maximum atomic E-state index is 12.7. The van der Waals surface area contributed by atoms with Crippen LogP contribution in [0.4, 0.5) is 4.79 Å². The number of methoxy groups -OCH3 is 1. The summed E-state index contributed by atoms with van der Waals surface area (Å²) >= 11 is 0. The summed E-state index contributed by atoms with van der Waals surface area (Å²) in [6, 6.07) is 7.18. The molecule has 0 bridgehead atoms. The van der Waals surface area contributed by atoms with E-state index in [-0.39, 0.29) is 6.61 Å². The molecule has 0 radical (unpaired) electrons. The predicted molar refractivity (Wildman–Crippen MR) is 92.0 cm³/mol. The Morgan fingerprint density at radius 2 is 2.00 bits per heavy atom. The number of aliphatic hydroxyl groups is 1. The van der Waals surface area contributed by atoms with Gasteiger partial charge in [-0.25, -0.2) is 9.59 Å². The highest BCUT2D eigenvalue weighted by Crippen LogP contribution is 2.20. The molecule has 2 amide bonds. The molecule has 3 atom stereocenters. The molecule has 1 aromatic rings. The molecule has 2 rings (SSSR count). The molecular formula is C18H24N2O6. The molecule has 0 aromatic heterocycles. The number of hydrogen-bond donors (Lipinski definition) is 2. The van der Waals surface area contributed by atoms with Crippen LogP contribution < -0.4 is 5.32 Å². The van der Waals surface area contributed by atoms with Crippen LogP contribution in [-0.4, -0.2) is 59.8 Å². The Labute approximate surface area is 152 Å². The van der Waals surface area contributed by atoms with E-state index in [1.165, 1.54) is 18.9 Å². The van der Waals surface area contributed by atoms with Gasteiger partial charge in [0.2, 0.25) is 5.91 Å². The van der Waals surface area contributed by atoms with Crippen molar-refractivity contribution in [2.24, 2.45) is 0 Å². The Hall–Kier alpha value is -2.61. The summed E-state index contributed by atoms with van der Waals surface area (Å²) in [5.74, 6) is -1.04. The number of esters is 1. The van der Waals surface area contributed by atoms with Gasteiger partial charge in [-0.15, -0.1) is 0 Å². The van der Waals surface area contributed by atoms with Gasteiger partial charge in [0, 0.05) is 6.54 Å². The van der Waals surface area contributed by atoms with Crippen LogP contribution in [0, 0.1) is 0 Å². The normalized spacial score (nSPS) is 18.7. The average molecular weight is 364 g/mol. The lowest BCUT2D eigenvalue weighted by molar-refractivity contribution is -0.152. The number of ether oxygens (including phenoxy) is 2. The second-order valence-corrected chi connectivity index (χ2v) is 6.14. The highest BCUT2D eigenvalue weighted by molar-refractivity contribution is 5.90. The molecule has 0 aliphatic carbocycles. The molecule has 0 unspecified atom stereocenters. The molecular weight excluding hydrogens is 340 g/mol. The number of hydrogen-bond acceptors (Lipinski definition) is 6. The van der Waals surface area contributed by atoms with Crippen molar-refractivity contribution in [2.75, 3.05) is 13.7 Å². The smallest absolute Gasteiger partial charge is 0.408 e. The first kappa shape index (κ1) is 19.7. The van der Waals surface area contributed by atoms with E-state index in [9.17, 15) is 19.5 Å². The second-order valence-electron chi connectivity index (χ2n) is 6.14. The lowest BCUT2D eigenvalue weighted by Gasteiger charge is -2.29. The largest absolute Gasteiger partial charge is 0.467 e. The Bertz CT molecular complexity index is 634. The van der Waals surface area contributed by atoms with Gasteiger partial charge >= 0.3 is 12.1 Å². The molecule has 2 N–H and O–H groups in total. The molecule has 142 valence electrons. The van der Waals surface area contributed by atoms with Crippen LogP contribution in [0.2, 0.25) is 0 Å². The molecule has 0 saturated carbocycles. The van der Waals surface area contributed by atoms with Gasteiger partial charge in [0.1, 0.15) is 18.7 Å². The number of alkyl carbamates (subject to hydrolysis) is 1. The fraction of sp³-hybridized carbons (Fsp3) is 0.500. The number of benzene rings is 1. The Kier molecular flexibility index (Phi) is 6.97. The molecule has 8 nitrogen and oxygen atoms in total. The van der Waals surface area contributed by atoms with Gasteiger partial charge in [-0.05, 0) is 25.3 Å². The summed E-state index contributed by atoms with van der Waals surface area (Å²) in [5, 5.41) is 12.3. The summed E-state index contributed by atoms with van der Waals surface area (Å²) in [6.45, 7) is 1.80. The number of amides is 2. The molecule has 1 fully saturated rings. The maximum Gasteiger partial charge on any atom is 0.408 e. The highest BCUT2D eigenvalue weighted by atomic mass is 16.5. The molecule has 0 spiro atoms. The first-order valence-electron chi connectivity index (χ1n) is 8.47. The van der Waals surface area contributed by atoms with Gasteiger partial charge in [-0.3, -0.25) is 4.79 Å². The van der Waals surface area contributed by atoms with Crippen molar-refractivity contribution in [3.05, 3.63) is 35.9 Å². The van der Waals surface area contributed by atoms with Crippen molar-refractivity contribution in [1.29, 1.82) is 0 Å². The SMILES string of the molecule is COC(=O)[C@H]1CCCN1C(=O)[C@@H](NC(=O)OCc1ccccc1)[C@@H](C)O. The number of carbonyl (C=O) groups excluding carboxylic acids is 3. The summed E-state index contributed by atoms with van der Waals surface area (Å²) in [5.41, 5.74) is 0.799. The van der Waals surface area contributed by atoms with E-state index in [1.54, 1.807) is 12.1 Å². The summed E-state index contributed by atoms with van der Waals surface area (Å²) < 4.78 is 9.81. The predicted octanol–water partition coefficient (Wildman–Crippen LogP) is 0.826. The first-order chi connectivity index (χ1) is 12.4. The zero-order valence-corrected chi connectivity index (χ0v) is 14.9. The van der Waals surface area contributed by atoms with E-state index < -0.39 is 36.2 Å². The van der Waals surface area contributed by atoms with Crippen molar-refractivity contribution in [3.63, 3.8) is 0 Å². The molecule has 1 aromatic carbocycles. The van der Waals surface area contributed by atoms with E-state index in [1.807, 2.05) is 18.2 Å². The third-order valence-corrected chi connectivity index (χ3v) is 4.24. The summed E-state index contributed by atoms with van der Waals surface area (Å²) in [6.07, 6.45) is -0.826. The minimum Gasteiger partial charge on any atom is -0.467 e. The molecule has 1 heterocycles. The van der Waals surface area contributed by atoms with Crippen LogP contribution >= 0.6 is 0 Å². The monoisotopic (exact) mass is 364 g/mol. The van der Waals surface area contributed by atoms with Crippen molar-refractivity contribution in [3.8, 4) is 0 Å². The number of aliphatic hydroxyl groups excluding tert-OH is 1. The average Bonchev–Trinajstić information content (AvgIpc) is 3.13. The number of rotatable bonds is 6. The van der Waals surface area contributed by atoms with Crippen LogP contribution in [0.15, 0.2) is 30.3 Å². The lowest BCUT2D eigenvalue weighted by atomic mass is 10.1. The van der Waals surface area contributed by atoms with E-state index in [0.29, 0.717) is 19.4 Å². The number of likely N-dealkylation sites (tertiary alicyclic amines) is 1. The maximum absolute atomic E-state index is 12.7. The topological polar surface area (TPSA) is 105 Å². The van der Waals surface area contributed by atoms with Crippen molar-refractivity contribution >= 4 is 18.0 Å². The number of carbonyl (C=O) groups is 3. The van der Waals surface area contributed by atoms with Crippen LogP contribution in [-0.2, 0) is 25.7 Å². The molecule has 1 saturated heterocycles. The van der Waals surface area contributed by atoms with Crippen molar-refractivity contribution < 1.29 is 29.0 Å². The second kappa shape index (κ2) is 9.19. The van der Waals surface area contributed by atoms with E-state index in [2.05, 4.69) is 5.32 Å². The molecule has 1 aliphatic heterocycles. The van der Waals surface area contributed by atoms with Crippen LogP contribution in [0.3, 0.4) is 0 Å². The number of nitrogens with zero attached hydrogens (tertiary/aromatic N) is 1. The van der Waals surface area contributed by atoms with E-state index >= 15 is 0 Å². The Morgan fingerprint density at radius 3 is 2.62 bits per heavy atom. The summed E-state index contributed by atoms with van der Waals surface area (Å²) in [4.78, 5) is 37.9. The molecule has 8 heteroatoms. The van der Waals surface area contributed by atoms with Crippen molar-refractivity contribution in [2.45, 2.75) is 44.6 Å². The van der Waals surface area contributed by atoms with Gasteiger partial charge in [0.05, 0.1) is 13.2 Å². The summed E-state index contributed by atoms with van der Waals surface area (Å²) in [7, 11) is 1.26. The van der Waals surface area contributed by atoms with E-state index in [0.717, 1.165) is 5.56 Å². The standard InChI is InChI=1S/C18H24N2O6/c1-12(21)15(16(22)20-10-6-9-14(20)17(23)25-2)19-18(24)26-11-13-7-4-3-5-8-13/h3-5,7-8,12,14-15,21H,6,9-11H2,1-2H3,(H,19,24)/t12-,14-,15+/m1/s1. The Balaban J connectivity index is 1.97. The number of nitrogens with one attached hydrogen (secondary N) is 1. The van der Waals surface area contributed by atoms with Gasteiger partial charge in [-0.2, -0.15) is 0 Å². The van der Waals surface area contributed by atoms with Crippen LogP contribution in [0.25, 0.3) is 0 Å². The lowest BCUT2D eigenvalue weighted by Crippen LogP contribution is -2.56. The molecule has 26 heavy (non-hydrogen) atoms. The van der Waals surface area contributed by atoms with E-state index in [4.69, 9.17) is 9.47 Å². The van der Waals surface area contributed by atoms with Gasteiger partial charge < -0.3 is 24.8 Å². The minimum absolute atomic E-state index is 0.0435. The Morgan fingerprint density at radius 1 is 1.31 bits per heavy atom. The first-order valence-corrected chi connectivity index (χ1v) is 8.47. The van der Waals surface area contributed by atoms with Gasteiger partial charge in [0.15, 0.2) is 0 Å². The third-order valence-electron chi connectivity index (χ3n) is 4.24. The quantitative estimate of drug-likeness (QED) is 0.725. The highest BCUT2D eigenvalue weighted by Gasteiger charge is 2.39. The third kappa shape index (κ3) is 4.95. The molecule has 1 aliphatic rings.